The summed E-state index contributed by atoms with van der Waals surface area (Å²) in [5.41, 5.74) is 6.80. The van der Waals surface area contributed by atoms with Crippen LogP contribution in [0.1, 0.15) is 159 Å². The van der Waals surface area contributed by atoms with Crippen molar-refractivity contribution in [1.82, 2.24) is 46.6 Å². The maximum atomic E-state index is 14.8. The van der Waals surface area contributed by atoms with E-state index in [2.05, 4.69) is 37.2 Å². The molecule has 1 aliphatic heterocycles. The van der Waals surface area contributed by atoms with Crippen LogP contribution in [-0.2, 0) is 78.1 Å². The first-order valence-electron chi connectivity index (χ1n) is 36.6. The Bertz CT molecular complexity index is 2960. The fourth-order valence-electron chi connectivity index (χ4n) is 12.2. The minimum atomic E-state index is -1.12. The molecule has 588 valence electrons. The second-order valence-electron chi connectivity index (χ2n) is 29.1. The lowest BCUT2D eigenvalue weighted by molar-refractivity contribution is -0.148. The Kier molecular flexibility index (Phi) is 41.1. The second-order valence-corrected chi connectivity index (χ2v) is 29.1. The molecular formula is C75H125N11O18. The highest BCUT2D eigenvalue weighted by Crippen LogP contribution is 2.31. The fourth-order valence-corrected chi connectivity index (χ4v) is 12.2. The predicted molar refractivity (Wildman–Crippen MR) is 394 cm³/mol. The lowest BCUT2D eigenvalue weighted by Gasteiger charge is -2.41. The van der Waals surface area contributed by atoms with Gasteiger partial charge < -0.3 is 91.0 Å². The van der Waals surface area contributed by atoms with Crippen LogP contribution in [0.3, 0.4) is 0 Å². The van der Waals surface area contributed by atoms with Gasteiger partial charge in [-0.3, -0.25) is 43.3 Å². The van der Waals surface area contributed by atoms with Gasteiger partial charge in [0.2, 0.25) is 47.3 Å². The average Bonchev–Trinajstić information content (AvgIpc) is 1.54. The number of anilines is 1. The van der Waals surface area contributed by atoms with E-state index >= 15 is 0 Å². The Labute approximate surface area is 616 Å². The molecule has 1 unspecified atom stereocenters. The van der Waals surface area contributed by atoms with Gasteiger partial charge in [0.1, 0.15) is 30.8 Å². The number of aliphatic hydroxyl groups is 1. The Balaban J connectivity index is 1.58. The van der Waals surface area contributed by atoms with E-state index in [1.54, 1.807) is 109 Å². The van der Waals surface area contributed by atoms with E-state index in [4.69, 9.17) is 38.9 Å². The molecule has 0 spiro atoms. The van der Waals surface area contributed by atoms with Crippen molar-refractivity contribution in [2.24, 2.45) is 40.7 Å². The molecular weight excluding hydrogens is 1340 g/mol. The molecule has 29 nitrogen and oxygen atoms in total. The number of urea groups is 1. The van der Waals surface area contributed by atoms with Crippen molar-refractivity contribution in [2.75, 3.05) is 106 Å². The average molecular weight is 1470 g/mol. The minimum Gasteiger partial charge on any atom is -0.445 e. The third kappa shape index (κ3) is 31.6. The van der Waals surface area contributed by atoms with Gasteiger partial charge in [0.25, 0.3) is 0 Å². The van der Waals surface area contributed by atoms with Gasteiger partial charge >= 0.3 is 12.1 Å². The maximum absolute atomic E-state index is 14.8. The van der Waals surface area contributed by atoms with Crippen LogP contribution < -0.4 is 43.0 Å². The molecule has 1 aliphatic rings. The van der Waals surface area contributed by atoms with E-state index in [0.29, 0.717) is 82.2 Å². The molecule has 11 amide bonds. The van der Waals surface area contributed by atoms with Gasteiger partial charge in [-0.25, -0.2) is 9.59 Å². The van der Waals surface area contributed by atoms with Crippen LogP contribution in [0, 0.1) is 35.0 Å². The van der Waals surface area contributed by atoms with E-state index in [-0.39, 0.29) is 100 Å². The molecule has 12 atom stereocenters. The summed E-state index contributed by atoms with van der Waals surface area (Å²) in [5.74, 6) is -5.41. The van der Waals surface area contributed by atoms with Crippen LogP contribution in [0.2, 0.25) is 0 Å². The molecule has 10 N–H and O–H groups in total. The number of ether oxygens (including phenoxy) is 7. The molecule has 0 bridgehead atoms. The van der Waals surface area contributed by atoms with Crippen LogP contribution in [0.15, 0.2) is 54.6 Å². The highest BCUT2D eigenvalue weighted by atomic mass is 16.6. The summed E-state index contributed by atoms with van der Waals surface area (Å²) in [4.78, 5) is 140. The number of benzene rings is 2. The molecule has 0 aliphatic carbocycles. The third-order valence-electron chi connectivity index (χ3n) is 18.4. The molecule has 2 aromatic rings. The zero-order valence-electron chi connectivity index (χ0n) is 64.8. The Morgan fingerprint density at radius 3 is 1.76 bits per heavy atom. The van der Waals surface area contributed by atoms with Crippen molar-refractivity contribution in [3.8, 4) is 0 Å². The number of primary amides is 1. The number of nitrogens with zero attached hydrogens (tertiary/aromatic N) is 3. The quantitative estimate of drug-likeness (QED) is 0.0364. The minimum absolute atomic E-state index is 0.00703. The van der Waals surface area contributed by atoms with Gasteiger partial charge in [0, 0.05) is 66.5 Å². The summed E-state index contributed by atoms with van der Waals surface area (Å²) in [5, 5.41) is 30.5. The number of nitrogens with two attached hydrogens (primary N) is 1. The summed E-state index contributed by atoms with van der Waals surface area (Å²) in [6.45, 7) is 27.3. The van der Waals surface area contributed by atoms with Crippen molar-refractivity contribution in [3.05, 3.63) is 65.7 Å². The Morgan fingerprint density at radius 2 is 1.23 bits per heavy atom. The van der Waals surface area contributed by atoms with Crippen LogP contribution in [0.5, 0.6) is 0 Å². The molecule has 0 saturated carbocycles. The number of nitrogens with one attached hydrogen (secondary N) is 7. The van der Waals surface area contributed by atoms with Crippen LogP contribution in [0.4, 0.5) is 15.3 Å². The summed E-state index contributed by atoms with van der Waals surface area (Å²) < 4.78 is 39.9. The Morgan fingerprint density at radius 1 is 0.654 bits per heavy atom. The van der Waals surface area contributed by atoms with E-state index in [1.807, 2.05) is 52.8 Å². The molecule has 1 heterocycles. The number of hydrogen-bond donors (Lipinski definition) is 9. The van der Waals surface area contributed by atoms with E-state index in [0.717, 1.165) is 0 Å². The van der Waals surface area contributed by atoms with Crippen molar-refractivity contribution in [3.63, 3.8) is 0 Å². The highest BCUT2D eigenvalue weighted by molar-refractivity contribution is 5.98. The van der Waals surface area contributed by atoms with Gasteiger partial charge in [-0.05, 0) is 85.0 Å². The van der Waals surface area contributed by atoms with Gasteiger partial charge in [-0.15, -0.1) is 0 Å². The zero-order chi connectivity index (χ0) is 77.8. The number of hydrogen-bond acceptors (Lipinski definition) is 18. The number of amides is 11. The molecule has 29 heteroatoms. The van der Waals surface area contributed by atoms with E-state index in [1.165, 1.54) is 26.2 Å². The SMILES string of the molecule is CC[C@H](C)[C@@H]([C@@H](CC(=O)N1CCC[C@H]1[C@H](OC)[C@@H](C)C(=O)N[C@H](C)C(O)c1ccccc1)OC)N(C)C(=O)[C@@H](NC(=O)[C@H](C(C)C)N(C)C(=O)OCc1ccc(NC(=O)[C@H](CCCNC(N)=O)NC(=O)[C@@H](NC(=O)CCOCCOCCOCCOCCC(=O)NCC(C)(C)C)C(C)C)cc1)C(C)C. The lowest BCUT2D eigenvalue weighted by Crippen LogP contribution is -2.60. The van der Waals surface area contributed by atoms with Crippen LogP contribution in [-0.4, -0.2) is 234 Å². The standard InChI is InChI=1S/C75H125N11O18/c1-18-50(8)65(58(98-16)44-61(89)86-35-23-27-57(86)67(99-17)51(9)68(91)79-52(10)66(90)54-24-20-19-21-25-54)84(14)72(95)63(48(4)5)83-71(94)64(49(6)7)85(15)74(97)104-45-53-28-30-55(31-29-53)80-69(92)56(26-22-34-77-73(76)96)81-70(93)62(47(2)3)82-60(88)33-37-101-39-41-103-43-42-102-40-38-100-36-32-59(87)78-46-75(11,12)13/h19-21,24-25,28-31,47-52,56-58,62-67,90H,18,22-23,26-27,32-46H2,1-17H3,(H,78,87)(H,79,91)(H,80,92)(H,81,93)(H,82,88)(H,83,94)(H3,76,77,96)/t50-,51+,52+,56-,57-,58+,62-,63-,64-,65-,66?,67+/m0/s1. The number of rotatable bonds is 48. The lowest BCUT2D eigenvalue weighted by atomic mass is 9.89. The first-order valence-corrected chi connectivity index (χ1v) is 36.6. The summed E-state index contributed by atoms with van der Waals surface area (Å²) in [6, 6.07) is 8.74. The first kappa shape index (κ1) is 90.7. The molecule has 104 heavy (non-hydrogen) atoms. The molecule has 2 aromatic carbocycles. The highest BCUT2D eigenvalue weighted by Gasteiger charge is 2.44. The normalized spacial score (nSPS) is 16.3. The number of likely N-dealkylation sites (N-methyl/N-ethyl adjacent to an activating group) is 2. The van der Waals surface area contributed by atoms with Gasteiger partial charge in [0.15, 0.2) is 0 Å². The summed E-state index contributed by atoms with van der Waals surface area (Å²) >= 11 is 0. The fraction of sp³-hybridized carbons (Fsp3) is 0.707. The van der Waals surface area contributed by atoms with Crippen molar-refractivity contribution in [2.45, 2.75) is 209 Å². The molecule has 0 radical (unpaired) electrons. The van der Waals surface area contributed by atoms with Crippen molar-refractivity contribution in [1.29, 1.82) is 0 Å². The predicted octanol–water partition coefficient (Wildman–Crippen LogP) is 5.60. The van der Waals surface area contributed by atoms with Crippen molar-refractivity contribution < 1.29 is 86.2 Å². The van der Waals surface area contributed by atoms with Gasteiger partial charge in [-0.2, -0.15) is 0 Å². The van der Waals surface area contributed by atoms with Gasteiger partial charge in [0.05, 0.1) is 102 Å². The topological polar surface area (TPSA) is 375 Å². The Hall–Kier alpha value is -7.54. The molecule has 1 fully saturated rings. The zero-order valence-corrected chi connectivity index (χ0v) is 64.8. The van der Waals surface area contributed by atoms with E-state index in [9.17, 15) is 53.1 Å². The number of carbonyl (C=O) groups is 10. The molecule has 1 saturated heterocycles. The van der Waals surface area contributed by atoms with Crippen molar-refractivity contribution >= 4 is 65.1 Å². The number of aliphatic hydroxyl groups excluding tert-OH is 1. The number of likely N-dealkylation sites (tertiary alicyclic amines) is 1. The summed E-state index contributed by atoms with van der Waals surface area (Å²) in [7, 11) is 6.09. The monoisotopic (exact) mass is 1470 g/mol. The van der Waals surface area contributed by atoms with E-state index < -0.39 is 120 Å². The van der Waals surface area contributed by atoms with Gasteiger partial charge in [-0.1, -0.05) is 132 Å². The second kappa shape index (κ2) is 47.1. The summed E-state index contributed by atoms with van der Waals surface area (Å²) in [6.07, 6.45) is -0.862. The molecule has 3 rings (SSSR count). The maximum Gasteiger partial charge on any atom is 0.410 e. The molecule has 0 aromatic heterocycles. The smallest absolute Gasteiger partial charge is 0.410 e. The first-order chi connectivity index (χ1) is 49.2. The third-order valence-corrected chi connectivity index (χ3v) is 18.4. The van der Waals surface area contributed by atoms with Crippen LogP contribution in [0.25, 0.3) is 0 Å². The number of methoxy groups -OCH3 is 2. The van der Waals surface area contributed by atoms with Crippen LogP contribution >= 0.6 is 0 Å². The largest absolute Gasteiger partial charge is 0.445 e. The number of carbonyl (C=O) groups excluding carboxylic acids is 10.